The molecule has 0 amide bonds. The van der Waals surface area contributed by atoms with Crippen molar-refractivity contribution in [3.63, 3.8) is 0 Å². The Bertz CT molecular complexity index is 681. The maximum Gasteiger partial charge on any atom is 0.199 e. The molecule has 1 aromatic carbocycles. The van der Waals surface area contributed by atoms with E-state index in [-0.39, 0.29) is 0 Å². The molecule has 0 bridgehead atoms. The van der Waals surface area contributed by atoms with Crippen LogP contribution < -0.4 is 0 Å². The summed E-state index contributed by atoms with van der Waals surface area (Å²) in [5.41, 5.74) is 2.30. The first-order valence-electron chi connectivity index (χ1n) is 5.57. The van der Waals surface area contributed by atoms with E-state index in [4.69, 9.17) is 12.2 Å². The Balaban J connectivity index is 2.05. The molecule has 0 radical (unpaired) electrons. The van der Waals surface area contributed by atoms with Crippen LogP contribution in [0.5, 0.6) is 0 Å². The molecule has 90 valence electrons. The van der Waals surface area contributed by atoms with Crippen LogP contribution in [-0.4, -0.2) is 14.8 Å². The summed E-state index contributed by atoms with van der Waals surface area (Å²) < 4.78 is 2.61. The molecule has 3 nitrogen and oxygen atoms in total. The van der Waals surface area contributed by atoms with Crippen molar-refractivity contribution >= 4 is 23.6 Å². The van der Waals surface area contributed by atoms with Crippen molar-refractivity contribution in [2.75, 3.05) is 0 Å². The average Bonchev–Trinajstić information content (AvgIpc) is 3.02. The molecule has 3 aromatic rings. The molecule has 2 heterocycles. The van der Waals surface area contributed by atoms with Crippen LogP contribution in [0.2, 0.25) is 0 Å². The van der Waals surface area contributed by atoms with Crippen molar-refractivity contribution < 1.29 is 0 Å². The van der Waals surface area contributed by atoms with Crippen molar-refractivity contribution in [1.29, 1.82) is 0 Å². The van der Waals surface area contributed by atoms with Gasteiger partial charge in [-0.25, -0.2) is 0 Å². The number of benzene rings is 1. The summed E-state index contributed by atoms with van der Waals surface area (Å²) in [5, 5.41) is 11.4. The molecule has 0 aliphatic rings. The first-order valence-corrected chi connectivity index (χ1v) is 6.92. The number of thiophene rings is 1. The summed E-state index contributed by atoms with van der Waals surface area (Å²) >= 11 is 6.99. The smallest absolute Gasteiger partial charge is 0.199 e. The molecule has 0 fully saturated rings. The fourth-order valence-electron chi connectivity index (χ4n) is 1.87. The molecule has 0 saturated heterocycles. The first kappa shape index (κ1) is 11.4. The minimum atomic E-state index is 0.631. The fraction of sp³-hybridized carbons (Fsp3) is 0.0769. The van der Waals surface area contributed by atoms with Gasteiger partial charge in [-0.3, -0.25) is 9.67 Å². The zero-order valence-corrected chi connectivity index (χ0v) is 11.2. The summed E-state index contributed by atoms with van der Waals surface area (Å²) in [6.07, 6.45) is 0.783. The van der Waals surface area contributed by atoms with Crippen LogP contribution in [0.1, 0.15) is 11.4 Å². The van der Waals surface area contributed by atoms with Gasteiger partial charge >= 0.3 is 0 Å². The number of aromatic nitrogens is 3. The van der Waals surface area contributed by atoms with Crippen LogP contribution in [0.25, 0.3) is 5.69 Å². The van der Waals surface area contributed by atoms with Crippen LogP contribution in [0.4, 0.5) is 0 Å². The lowest BCUT2D eigenvalue weighted by atomic mass is 10.2. The van der Waals surface area contributed by atoms with Crippen molar-refractivity contribution in [1.82, 2.24) is 14.8 Å². The predicted molar refractivity (Wildman–Crippen MR) is 75.9 cm³/mol. The number of aromatic amines is 1. The number of nitrogens with one attached hydrogen (secondary N) is 1. The molecule has 18 heavy (non-hydrogen) atoms. The third-order valence-corrected chi connectivity index (χ3v) is 3.70. The molecule has 3 rings (SSSR count). The summed E-state index contributed by atoms with van der Waals surface area (Å²) in [7, 11) is 0. The molecule has 0 spiro atoms. The molecular formula is C13H11N3S2. The Morgan fingerprint density at radius 3 is 2.78 bits per heavy atom. The fourth-order valence-corrected chi connectivity index (χ4v) is 2.79. The standard InChI is InChI=1S/C13H11N3S2/c17-13-15-14-12(8-10-6-7-18-9-10)16(13)11-4-2-1-3-5-11/h1-7,9H,8H2,(H,15,17). The minimum Gasteiger partial charge on any atom is -0.272 e. The van der Waals surface area contributed by atoms with Crippen molar-refractivity contribution in [3.8, 4) is 5.69 Å². The molecular weight excluding hydrogens is 262 g/mol. The zero-order chi connectivity index (χ0) is 12.4. The summed E-state index contributed by atoms with van der Waals surface area (Å²) in [6, 6.07) is 12.2. The van der Waals surface area contributed by atoms with Gasteiger partial charge in [0, 0.05) is 12.1 Å². The Morgan fingerprint density at radius 2 is 2.06 bits per heavy atom. The lowest BCUT2D eigenvalue weighted by Gasteiger charge is -2.05. The maximum atomic E-state index is 5.30. The molecule has 0 aliphatic carbocycles. The van der Waals surface area contributed by atoms with Gasteiger partial charge in [-0.1, -0.05) is 18.2 Å². The largest absolute Gasteiger partial charge is 0.272 e. The van der Waals surface area contributed by atoms with Crippen LogP contribution in [-0.2, 0) is 6.42 Å². The van der Waals surface area contributed by atoms with Gasteiger partial charge in [0.15, 0.2) is 4.77 Å². The Hall–Kier alpha value is -1.72. The monoisotopic (exact) mass is 273 g/mol. The SMILES string of the molecule is S=c1[nH]nc(Cc2ccsc2)n1-c1ccccc1. The number of H-pyrrole nitrogens is 1. The number of hydrogen-bond acceptors (Lipinski definition) is 3. The van der Waals surface area contributed by atoms with E-state index in [1.54, 1.807) is 11.3 Å². The van der Waals surface area contributed by atoms with Gasteiger partial charge in [0.05, 0.1) is 0 Å². The second-order valence-electron chi connectivity index (χ2n) is 3.92. The van der Waals surface area contributed by atoms with Gasteiger partial charge < -0.3 is 0 Å². The number of hydrogen-bond donors (Lipinski definition) is 1. The number of nitrogens with zero attached hydrogens (tertiary/aromatic N) is 2. The topological polar surface area (TPSA) is 33.6 Å². The van der Waals surface area contributed by atoms with Crippen LogP contribution in [0.3, 0.4) is 0 Å². The first-order chi connectivity index (χ1) is 8.84. The Morgan fingerprint density at radius 1 is 1.22 bits per heavy atom. The third kappa shape index (κ3) is 2.14. The van der Waals surface area contributed by atoms with Crippen molar-refractivity contribution in [3.05, 3.63) is 63.3 Å². The lowest BCUT2D eigenvalue weighted by molar-refractivity contribution is 0.904. The Labute approximate surface area is 114 Å². The summed E-state index contributed by atoms with van der Waals surface area (Å²) in [6.45, 7) is 0. The molecule has 1 N–H and O–H groups in total. The second-order valence-corrected chi connectivity index (χ2v) is 5.09. The van der Waals surface area contributed by atoms with Gasteiger partial charge in [-0.15, -0.1) is 0 Å². The predicted octanol–water partition coefficient (Wildman–Crippen LogP) is 3.58. The van der Waals surface area contributed by atoms with Gasteiger partial charge in [0.2, 0.25) is 0 Å². The van der Waals surface area contributed by atoms with E-state index in [0.29, 0.717) is 4.77 Å². The molecule has 0 atom stereocenters. The number of rotatable bonds is 3. The van der Waals surface area contributed by atoms with Gasteiger partial charge in [-0.05, 0) is 46.7 Å². The van der Waals surface area contributed by atoms with Gasteiger partial charge in [0.25, 0.3) is 0 Å². The third-order valence-electron chi connectivity index (χ3n) is 2.70. The maximum absolute atomic E-state index is 5.30. The van der Waals surface area contributed by atoms with Crippen molar-refractivity contribution in [2.24, 2.45) is 0 Å². The molecule has 0 saturated carbocycles. The summed E-state index contributed by atoms with van der Waals surface area (Å²) in [5.74, 6) is 0.935. The lowest BCUT2D eigenvalue weighted by Crippen LogP contribution is -2.01. The quantitative estimate of drug-likeness (QED) is 0.740. The van der Waals surface area contributed by atoms with E-state index in [2.05, 4.69) is 27.0 Å². The summed E-state index contributed by atoms with van der Waals surface area (Å²) in [4.78, 5) is 0. The van der Waals surface area contributed by atoms with E-state index in [1.807, 2.05) is 34.9 Å². The molecule has 5 heteroatoms. The van der Waals surface area contributed by atoms with Crippen LogP contribution >= 0.6 is 23.6 Å². The van der Waals surface area contributed by atoms with E-state index in [1.165, 1.54) is 5.56 Å². The highest BCUT2D eigenvalue weighted by atomic mass is 32.1. The normalized spacial score (nSPS) is 10.7. The number of para-hydroxylation sites is 1. The second kappa shape index (κ2) is 4.88. The van der Waals surface area contributed by atoms with Crippen LogP contribution in [0.15, 0.2) is 47.2 Å². The highest BCUT2D eigenvalue weighted by Gasteiger charge is 2.08. The van der Waals surface area contributed by atoms with Crippen molar-refractivity contribution in [2.45, 2.75) is 6.42 Å². The molecule has 2 aromatic heterocycles. The molecule has 0 unspecified atom stereocenters. The Kier molecular flexibility index (Phi) is 3.08. The van der Waals surface area contributed by atoms with E-state index in [9.17, 15) is 0 Å². The van der Waals surface area contributed by atoms with Gasteiger partial charge in [-0.2, -0.15) is 16.4 Å². The van der Waals surface area contributed by atoms with E-state index in [0.717, 1.165) is 17.9 Å². The van der Waals surface area contributed by atoms with Crippen LogP contribution in [0, 0.1) is 4.77 Å². The van der Waals surface area contributed by atoms with E-state index >= 15 is 0 Å². The van der Waals surface area contributed by atoms with Gasteiger partial charge in [0.1, 0.15) is 5.82 Å². The highest BCUT2D eigenvalue weighted by molar-refractivity contribution is 7.71. The molecule has 0 aliphatic heterocycles. The highest BCUT2D eigenvalue weighted by Crippen LogP contribution is 2.15. The van der Waals surface area contributed by atoms with E-state index < -0.39 is 0 Å². The zero-order valence-electron chi connectivity index (χ0n) is 9.54. The minimum absolute atomic E-state index is 0.631. The average molecular weight is 273 g/mol.